The number of nitriles is 1. The normalized spacial score (nSPS) is 14.0. The van der Waals surface area contributed by atoms with Gasteiger partial charge in [0.2, 0.25) is 0 Å². The summed E-state index contributed by atoms with van der Waals surface area (Å²) in [6, 6.07) is 12.5. The molecule has 0 aliphatic heterocycles. The molecule has 0 aliphatic carbocycles. The van der Waals surface area contributed by atoms with Crippen LogP contribution in [0.1, 0.15) is 128 Å². The van der Waals surface area contributed by atoms with Crippen LogP contribution in [0.5, 0.6) is 5.75 Å². The molecule has 2 aromatic carbocycles. The molecule has 10 heteroatoms. The number of benzene rings is 2. The maximum Gasteiger partial charge on any atom is 0.529 e. The van der Waals surface area contributed by atoms with Crippen LogP contribution < -0.4 is 4.52 Å². The van der Waals surface area contributed by atoms with Crippen molar-refractivity contribution in [2.45, 2.75) is 129 Å². The number of halogens is 2. The van der Waals surface area contributed by atoms with Gasteiger partial charge in [0.1, 0.15) is 17.2 Å². The first-order valence-electron chi connectivity index (χ1n) is 17.4. The number of nitrogens with zero attached hydrogens (tertiary/aromatic N) is 1. The molecular formula is C37H56ClFNO6P. The number of para-hydroxylation sites is 1. The molecule has 0 amide bonds. The van der Waals surface area contributed by atoms with Gasteiger partial charge >= 0.3 is 7.82 Å². The van der Waals surface area contributed by atoms with Gasteiger partial charge in [0.25, 0.3) is 0 Å². The van der Waals surface area contributed by atoms with Crippen molar-refractivity contribution in [1.82, 2.24) is 0 Å². The second-order valence-corrected chi connectivity index (χ2v) is 14.6. The second-order valence-electron chi connectivity index (χ2n) is 12.5. The molecule has 0 saturated carbocycles. The third kappa shape index (κ3) is 18.4. The van der Waals surface area contributed by atoms with Crippen LogP contribution in [0.25, 0.3) is 0 Å². The smallest absolute Gasteiger partial charge is 0.402 e. The number of unbranched alkanes of at least 4 members (excludes halogenated alkanes) is 15. The molecule has 0 aliphatic rings. The minimum absolute atomic E-state index is 0.0165. The third-order valence-electron chi connectivity index (χ3n) is 8.02. The van der Waals surface area contributed by atoms with E-state index < -0.39 is 19.2 Å². The molecule has 0 spiro atoms. The van der Waals surface area contributed by atoms with E-state index in [2.05, 4.69) is 6.92 Å². The standard InChI is InChI=1S/C37H56ClFNO6P/c1-4-5-6-7-8-9-10-11-12-13-14-15-16-17-18-21-24-43-30-37(2,44-29-33-25-32(28-40)26-34(39)27-33)31-45-47(41,42-3)46-36-23-20-19-22-35(36)38/h19-20,22-23,25-27H,4-18,21,24,29-31H2,1-3H3/t37-,47?/m1/s1. The molecule has 0 saturated heterocycles. The van der Waals surface area contributed by atoms with E-state index in [1.54, 1.807) is 37.3 Å². The quantitative estimate of drug-likeness (QED) is 0.0646. The lowest BCUT2D eigenvalue weighted by molar-refractivity contribution is -0.118. The Hall–Kier alpha value is -1.98. The van der Waals surface area contributed by atoms with Crippen molar-refractivity contribution in [3.8, 4) is 11.8 Å². The third-order valence-corrected chi connectivity index (χ3v) is 9.65. The van der Waals surface area contributed by atoms with Crippen molar-refractivity contribution in [2.24, 2.45) is 0 Å². The predicted octanol–water partition coefficient (Wildman–Crippen LogP) is 11.8. The maximum atomic E-state index is 14.0. The first-order valence-corrected chi connectivity index (χ1v) is 19.2. The molecule has 47 heavy (non-hydrogen) atoms. The summed E-state index contributed by atoms with van der Waals surface area (Å²) < 4.78 is 55.7. The Labute approximate surface area is 288 Å². The Morgan fingerprint density at radius 1 is 0.851 bits per heavy atom. The molecule has 0 radical (unpaired) electrons. The molecule has 2 atom stereocenters. The number of phosphoric ester groups is 1. The fourth-order valence-corrected chi connectivity index (χ4v) is 6.48. The Balaban J connectivity index is 1.74. The number of ether oxygens (including phenoxy) is 2. The van der Waals surface area contributed by atoms with Crippen LogP contribution in [0.2, 0.25) is 5.02 Å². The molecule has 0 N–H and O–H groups in total. The second kappa shape index (κ2) is 24.2. The van der Waals surface area contributed by atoms with Crippen LogP contribution in [0.4, 0.5) is 4.39 Å². The van der Waals surface area contributed by atoms with Crippen molar-refractivity contribution in [2.75, 3.05) is 26.9 Å². The Kier molecular flexibility index (Phi) is 21.2. The van der Waals surface area contributed by atoms with Gasteiger partial charge in [-0.15, -0.1) is 0 Å². The number of rotatable bonds is 28. The summed E-state index contributed by atoms with van der Waals surface area (Å²) in [5, 5.41) is 9.47. The average molecular weight is 696 g/mol. The van der Waals surface area contributed by atoms with E-state index in [1.807, 2.05) is 6.07 Å². The van der Waals surface area contributed by atoms with E-state index in [1.165, 1.54) is 103 Å². The molecule has 2 aromatic rings. The SMILES string of the molecule is CCCCCCCCCCCCCCCCCCOC[C@](C)(COP(=O)(OC)Oc1ccccc1Cl)OCc1cc(F)cc(C#N)c1. The zero-order valence-corrected chi connectivity index (χ0v) is 30.4. The topological polar surface area (TPSA) is 87.0 Å². The van der Waals surface area contributed by atoms with Crippen LogP contribution in [-0.2, 0) is 29.7 Å². The number of hydrogen-bond donors (Lipinski definition) is 0. The summed E-state index contributed by atoms with van der Waals surface area (Å²) in [6.07, 6.45) is 20.8. The highest BCUT2D eigenvalue weighted by Gasteiger charge is 2.35. The van der Waals surface area contributed by atoms with Crippen LogP contribution in [0.15, 0.2) is 42.5 Å². The van der Waals surface area contributed by atoms with Crippen LogP contribution in [0.3, 0.4) is 0 Å². The monoisotopic (exact) mass is 695 g/mol. The van der Waals surface area contributed by atoms with Gasteiger partial charge in [-0.3, -0.25) is 9.05 Å². The van der Waals surface area contributed by atoms with Crippen molar-refractivity contribution in [3.05, 3.63) is 64.4 Å². The first kappa shape index (κ1) is 41.2. The highest BCUT2D eigenvalue weighted by Crippen LogP contribution is 2.50. The molecule has 1 unspecified atom stereocenters. The van der Waals surface area contributed by atoms with Gasteiger partial charge in [-0.25, -0.2) is 8.96 Å². The molecule has 264 valence electrons. The van der Waals surface area contributed by atoms with Gasteiger partial charge in [0.15, 0.2) is 0 Å². The van der Waals surface area contributed by atoms with Crippen molar-refractivity contribution >= 4 is 19.4 Å². The van der Waals surface area contributed by atoms with Crippen LogP contribution >= 0.6 is 19.4 Å². The van der Waals surface area contributed by atoms with Gasteiger partial charge < -0.3 is 14.0 Å². The van der Waals surface area contributed by atoms with Gasteiger partial charge in [0.05, 0.1) is 36.5 Å². The fourth-order valence-electron chi connectivity index (χ4n) is 5.19. The summed E-state index contributed by atoms with van der Waals surface area (Å²) >= 11 is 6.17. The van der Waals surface area contributed by atoms with E-state index in [9.17, 15) is 14.2 Å². The summed E-state index contributed by atoms with van der Waals surface area (Å²) in [7, 11) is -2.84. The lowest BCUT2D eigenvalue weighted by atomic mass is 10.0. The Bertz CT molecular complexity index is 1230. The van der Waals surface area contributed by atoms with Crippen LogP contribution in [-0.4, -0.2) is 32.5 Å². The minimum Gasteiger partial charge on any atom is -0.402 e. The zero-order valence-electron chi connectivity index (χ0n) is 28.8. The number of hydrogen-bond acceptors (Lipinski definition) is 7. The summed E-state index contributed by atoms with van der Waals surface area (Å²) in [6.45, 7) is 4.46. The lowest BCUT2D eigenvalue weighted by Crippen LogP contribution is -2.39. The van der Waals surface area contributed by atoms with E-state index in [4.69, 9.17) is 34.6 Å². The lowest BCUT2D eigenvalue weighted by Gasteiger charge is -2.30. The summed E-state index contributed by atoms with van der Waals surface area (Å²) in [5.41, 5.74) is -0.419. The largest absolute Gasteiger partial charge is 0.529 e. The maximum absolute atomic E-state index is 14.0. The van der Waals surface area contributed by atoms with Gasteiger partial charge in [-0.1, -0.05) is 127 Å². The summed E-state index contributed by atoms with van der Waals surface area (Å²) in [5.74, 6) is -0.372. The Morgan fingerprint density at radius 3 is 1.98 bits per heavy atom. The van der Waals surface area contributed by atoms with E-state index >= 15 is 0 Å². The number of phosphoric acid groups is 1. The van der Waals surface area contributed by atoms with Crippen molar-refractivity contribution < 1.29 is 32.0 Å². The fraction of sp³-hybridized carbons (Fsp3) is 0.649. The van der Waals surface area contributed by atoms with E-state index in [0.717, 1.165) is 18.9 Å². The van der Waals surface area contributed by atoms with Crippen LogP contribution in [0, 0.1) is 17.1 Å². The molecule has 0 heterocycles. The molecule has 7 nitrogen and oxygen atoms in total. The predicted molar refractivity (Wildman–Crippen MR) is 187 cm³/mol. The van der Waals surface area contributed by atoms with Crippen molar-refractivity contribution in [3.63, 3.8) is 0 Å². The molecule has 0 bridgehead atoms. The molecule has 0 aromatic heterocycles. The summed E-state index contributed by atoms with van der Waals surface area (Å²) in [4.78, 5) is 0. The zero-order chi connectivity index (χ0) is 34.2. The molecule has 2 rings (SSSR count). The highest BCUT2D eigenvalue weighted by molar-refractivity contribution is 7.48. The molecule has 0 fully saturated rings. The van der Waals surface area contributed by atoms with E-state index in [0.29, 0.717) is 12.2 Å². The van der Waals surface area contributed by atoms with Crippen molar-refractivity contribution in [1.29, 1.82) is 5.26 Å². The highest BCUT2D eigenvalue weighted by atomic mass is 35.5. The molecular weight excluding hydrogens is 640 g/mol. The first-order chi connectivity index (χ1) is 22.7. The van der Waals surface area contributed by atoms with Gasteiger partial charge in [-0.2, -0.15) is 5.26 Å². The van der Waals surface area contributed by atoms with Gasteiger partial charge in [0, 0.05) is 13.7 Å². The minimum atomic E-state index is -4.06. The van der Waals surface area contributed by atoms with E-state index in [-0.39, 0.29) is 36.2 Å². The van der Waals surface area contributed by atoms with Gasteiger partial charge in [-0.05, 0) is 49.2 Å². The Morgan fingerprint density at radius 2 is 1.43 bits per heavy atom. The average Bonchev–Trinajstić information content (AvgIpc) is 3.07.